The fourth-order valence-corrected chi connectivity index (χ4v) is 6.92. The Morgan fingerprint density at radius 1 is 1.09 bits per heavy atom. The Morgan fingerprint density at radius 2 is 1.71 bits per heavy atom. The van der Waals surface area contributed by atoms with Gasteiger partial charge in [0.05, 0.1) is 19.5 Å². The first kappa shape index (κ1) is 26.5. The highest BCUT2D eigenvalue weighted by atomic mass is 127. The van der Waals surface area contributed by atoms with Crippen molar-refractivity contribution >= 4 is 5.97 Å². The number of hydrogen-bond donors (Lipinski definition) is 1. The lowest BCUT2D eigenvalue weighted by atomic mass is 9.80. The van der Waals surface area contributed by atoms with Gasteiger partial charge in [0, 0.05) is 30.7 Å². The van der Waals surface area contributed by atoms with Crippen LogP contribution in [0.2, 0.25) is 0 Å². The second kappa shape index (κ2) is 9.71. The first-order valence-corrected chi connectivity index (χ1v) is 12.4. The van der Waals surface area contributed by atoms with Gasteiger partial charge in [-0.3, -0.25) is 0 Å². The number of fused-ring (bicyclic) bond motifs is 2. The van der Waals surface area contributed by atoms with Gasteiger partial charge in [-0.05, 0) is 25.3 Å². The number of carbonyl (C=O) groups excluding carboxylic acids is 1. The van der Waals surface area contributed by atoms with E-state index in [2.05, 4.69) is 26.1 Å². The summed E-state index contributed by atoms with van der Waals surface area (Å²) < 4.78 is 35.2. The zero-order valence-corrected chi connectivity index (χ0v) is 22.4. The second-order valence-corrected chi connectivity index (χ2v) is 10.8. The summed E-state index contributed by atoms with van der Waals surface area (Å²) in [5.74, 6) is -4.32. The number of rotatable bonds is 6. The number of esters is 1. The molecular formula is C28H34F2INO3. The number of halogens is 3. The molecule has 2 bridgehead atoms. The first-order chi connectivity index (χ1) is 16.1. The molecule has 0 aromatic heterocycles. The molecular weight excluding hydrogens is 563 g/mol. The molecule has 35 heavy (non-hydrogen) atoms. The van der Waals surface area contributed by atoms with Crippen molar-refractivity contribution in [2.75, 3.05) is 13.6 Å². The van der Waals surface area contributed by atoms with E-state index in [-0.39, 0.29) is 60.9 Å². The van der Waals surface area contributed by atoms with Gasteiger partial charge in [0.25, 0.3) is 0 Å². The Kier molecular flexibility index (Phi) is 7.34. The van der Waals surface area contributed by atoms with Crippen LogP contribution < -0.4 is 24.0 Å². The number of alkyl halides is 2. The number of aliphatic hydroxyl groups is 1. The Labute approximate surface area is 223 Å². The Balaban J connectivity index is 0.00000289. The summed E-state index contributed by atoms with van der Waals surface area (Å²) in [4.78, 5) is 13.7. The fourth-order valence-electron chi connectivity index (χ4n) is 6.92. The zero-order valence-electron chi connectivity index (χ0n) is 20.2. The summed E-state index contributed by atoms with van der Waals surface area (Å²) in [6, 6.07) is 19.2. The molecule has 0 radical (unpaired) electrons. The fraction of sp³-hybridized carbons (Fsp3) is 0.536. The topological polar surface area (TPSA) is 46.5 Å². The third kappa shape index (κ3) is 4.53. The number of piperidine rings is 1. The first-order valence-electron chi connectivity index (χ1n) is 12.4. The molecule has 3 fully saturated rings. The van der Waals surface area contributed by atoms with E-state index in [1.165, 1.54) is 5.56 Å². The van der Waals surface area contributed by atoms with Gasteiger partial charge in [-0.2, -0.15) is 0 Å². The summed E-state index contributed by atoms with van der Waals surface area (Å²) >= 11 is 0. The Bertz CT molecular complexity index is 1040. The van der Waals surface area contributed by atoms with Gasteiger partial charge in [-0.25, -0.2) is 13.6 Å². The minimum atomic E-state index is -2.87. The summed E-state index contributed by atoms with van der Waals surface area (Å²) in [6.07, 6.45) is 0.859. The largest absolute Gasteiger partial charge is 1.00 e. The number of likely N-dealkylation sites (tertiary alicyclic amines) is 1. The highest BCUT2D eigenvalue weighted by Crippen LogP contribution is 2.51. The van der Waals surface area contributed by atoms with Gasteiger partial charge in [0.15, 0.2) is 11.7 Å². The molecule has 2 aliphatic carbocycles. The third-order valence-electron chi connectivity index (χ3n) is 8.99. The smallest absolute Gasteiger partial charge is 0.343 e. The van der Waals surface area contributed by atoms with Crippen molar-refractivity contribution in [1.29, 1.82) is 0 Å². The number of benzene rings is 2. The van der Waals surface area contributed by atoms with Crippen LogP contribution in [-0.2, 0) is 15.1 Å². The maximum atomic E-state index is 14.1. The standard InChI is InChI=1S/C28H34F2NO3.HI/c1-19(20-9-5-3-6-10-20)31(2)18-21-13-14-24(31)25(21)34-26(32)28(33,22-11-7-4-8-12-22)23-15-16-27(29,30)17-23;/h3-12,19,21,23-25,33H,13-18H2,1-2H3;1H/q+1;/p-1/t19-,21?,23?,24+,25?,28?,31?;/m0./s1. The van der Waals surface area contributed by atoms with Crippen molar-refractivity contribution in [3.05, 3.63) is 71.8 Å². The highest BCUT2D eigenvalue weighted by Gasteiger charge is 2.62. The van der Waals surface area contributed by atoms with Gasteiger partial charge < -0.3 is 38.3 Å². The van der Waals surface area contributed by atoms with Crippen LogP contribution in [0.4, 0.5) is 8.78 Å². The molecule has 5 rings (SSSR count). The van der Waals surface area contributed by atoms with Gasteiger partial charge in [-0.15, -0.1) is 0 Å². The number of nitrogens with zero attached hydrogens (tertiary/aromatic N) is 1. The Morgan fingerprint density at radius 3 is 2.31 bits per heavy atom. The van der Waals surface area contributed by atoms with Crippen molar-refractivity contribution in [2.45, 2.75) is 68.7 Å². The van der Waals surface area contributed by atoms with Gasteiger partial charge in [0.1, 0.15) is 12.1 Å². The molecule has 2 aromatic rings. The molecule has 2 aromatic carbocycles. The van der Waals surface area contributed by atoms with E-state index in [1.54, 1.807) is 30.3 Å². The van der Waals surface area contributed by atoms with Crippen molar-refractivity contribution in [3.63, 3.8) is 0 Å². The van der Waals surface area contributed by atoms with E-state index in [9.17, 15) is 18.7 Å². The minimum absolute atomic E-state index is 0. The lowest BCUT2D eigenvalue weighted by Gasteiger charge is -2.43. The minimum Gasteiger partial charge on any atom is -1.00 e. The molecule has 2 saturated carbocycles. The molecule has 0 spiro atoms. The predicted octanol–water partition coefficient (Wildman–Crippen LogP) is 2.23. The summed E-state index contributed by atoms with van der Waals surface area (Å²) in [7, 11) is 2.23. The van der Waals surface area contributed by atoms with Gasteiger partial charge in [-0.1, -0.05) is 60.7 Å². The molecule has 7 heteroatoms. The second-order valence-electron chi connectivity index (χ2n) is 10.8. The predicted molar refractivity (Wildman–Crippen MR) is 125 cm³/mol. The van der Waals surface area contributed by atoms with Crippen LogP contribution in [0.25, 0.3) is 0 Å². The normalized spacial score (nSPS) is 33.5. The molecule has 1 heterocycles. The lowest BCUT2D eigenvalue weighted by molar-refractivity contribution is -0.954. The molecule has 1 aliphatic heterocycles. The molecule has 190 valence electrons. The summed E-state index contributed by atoms with van der Waals surface area (Å²) in [5, 5.41) is 11.7. The van der Waals surface area contributed by atoms with Crippen LogP contribution in [0.5, 0.6) is 0 Å². The average Bonchev–Trinajstić information content (AvgIpc) is 3.49. The molecule has 5 unspecified atom stereocenters. The zero-order chi connectivity index (χ0) is 24.1. The molecule has 4 nitrogen and oxygen atoms in total. The maximum Gasteiger partial charge on any atom is 0.343 e. The SMILES string of the molecule is C[C@@H](c1ccccc1)[N+]1(C)CC2CC[C@@H]1C2OC(=O)C(O)(c1ccccc1)C1CCC(F)(F)C1.[I-]. The van der Waals surface area contributed by atoms with Crippen LogP contribution in [0.3, 0.4) is 0 Å². The Hall–Kier alpha value is -1.58. The molecule has 1 N–H and O–H groups in total. The van der Waals surface area contributed by atoms with Crippen LogP contribution in [0.15, 0.2) is 60.7 Å². The van der Waals surface area contributed by atoms with Crippen LogP contribution in [0.1, 0.15) is 56.2 Å². The molecule has 7 atom stereocenters. The highest BCUT2D eigenvalue weighted by molar-refractivity contribution is 5.82. The van der Waals surface area contributed by atoms with E-state index in [0.29, 0.717) is 5.56 Å². The molecule has 1 saturated heterocycles. The number of likely N-dealkylation sites (N-methyl/N-ethyl adjacent to an activating group) is 1. The number of ether oxygens (including phenoxy) is 1. The van der Waals surface area contributed by atoms with Gasteiger partial charge in [0.2, 0.25) is 5.92 Å². The summed E-state index contributed by atoms with van der Waals surface area (Å²) in [6.45, 7) is 3.11. The van der Waals surface area contributed by atoms with Crippen molar-refractivity contribution in [2.24, 2.45) is 11.8 Å². The van der Waals surface area contributed by atoms with E-state index in [4.69, 9.17) is 4.74 Å². The van der Waals surface area contributed by atoms with E-state index < -0.39 is 29.8 Å². The molecule has 3 aliphatic rings. The van der Waals surface area contributed by atoms with Gasteiger partial charge >= 0.3 is 5.97 Å². The lowest BCUT2D eigenvalue weighted by Crippen LogP contribution is -3.00. The molecule has 0 amide bonds. The maximum absolute atomic E-state index is 14.1. The summed E-state index contributed by atoms with van der Waals surface area (Å²) in [5.41, 5.74) is -0.489. The number of carbonyl (C=O) groups is 1. The number of quaternary nitrogens is 1. The van der Waals surface area contributed by atoms with Crippen LogP contribution >= 0.6 is 0 Å². The monoisotopic (exact) mass is 597 g/mol. The van der Waals surface area contributed by atoms with Crippen molar-refractivity contribution in [3.8, 4) is 0 Å². The average molecular weight is 597 g/mol. The van der Waals surface area contributed by atoms with Crippen LogP contribution in [-0.4, -0.2) is 47.2 Å². The van der Waals surface area contributed by atoms with Crippen molar-refractivity contribution < 1.29 is 51.9 Å². The third-order valence-corrected chi connectivity index (χ3v) is 8.99. The van der Waals surface area contributed by atoms with Crippen molar-refractivity contribution in [1.82, 2.24) is 0 Å². The van der Waals surface area contributed by atoms with E-state index in [0.717, 1.165) is 23.9 Å². The van der Waals surface area contributed by atoms with E-state index >= 15 is 0 Å². The van der Waals surface area contributed by atoms with Crippen LogP contribution in [0, 0.1) is 11.8 Å². The quantitative estimate of drug-likeness (QED) is 0.316. The van der Waals surface area contributed by atoms with E-state index in [1.807, 2.05) is 18.2 Å². The number of hydrogen-bond acceptors (Lipinski definition) is 3.